The lowest BCUT2D eigenvalue weighted by atomic mass is 9.90. The van der Waals surface area contributed by atoms with Crippen molar-refractivity contribution < 1.29 is 23.5 Å². The van der Waals surface area contributed by atoms with Gasteiger partial charge in [0.05, 0.1) is 7.11 Å². The van der Waals surface area contributed by atoms with E-state index in [0.29, 0.717) is 0 Å². The number of rotatable bonds is 3. The van der Waals surface area contributed by atoms with Crippen LogP contribution in [0.1, 0.15) is 33.6 Å². The summed E-state index contributed by atoms with van der Waals surface area (Å²) in [6.07, 6.45) is -0.751. The fraction of sp³-hybridized carbons (Fsp3) is 0.714. The minimum atomic E-state index is -1.67. The third kappa shape index (κ3) is 2.94. The maximum Gasteiger partial charge on any atom is 0.411 e. The van der Waals surface area contributed by atoms with E-state index in [0.717, 1.165) is 4.90 Å². The summed E-state index contributed by atoms with van der Waals surface area (Å²) < 4.78 is 24.3. The lowest BCUT2D eigenvalue weighted by Crippen LogP contribution is -2.58. The Bertz CT molecular complexity index is 404. The summed E-state index contributed by atoms with van der Waals surface area (Å²) in [4.78, 5) is 25.4. The molecule has 1 saturated heterocycles. The number of hydrogen-bond acceptors (Lipinski definition) is 4. The average molecular weight is 287 g/mol. The van der Waals surface area contributed by atoms with Crippen LogP contribution in [0.15, 0.2) is 12.7 Å². The van der Waals surface area contributed by atoms with Crippen LogP contribution in [-0.4, -0.2) is 47.9 Å². The van der Waals surface area contributed by atoms with Gasteiger partial charge in [-0.3, -0.25) is 4.90 Å². The highest BCUT2D eigenvalue weighted by Crippen LogP contribution is 2.37. The van der Waals surface area contributed by atoms with Gasteiger partial charge in [-0.05, 0) is 27.2 Å². The van der Waals surface area contributed by atoms with Crippen molar-refractivity contribution in [3.05, 3.63) is 12.7 Å². The molecular formula is C14H22FNO4. The van der Waals surface area contributed by atoms with Gasteiger partial charge in [-0.2, -0.15) is 0 Å². The zero-order chi connectivity index (χ0) is 15.6. The van der Waals surface area contributed by atoms with Gasteiger partial charge < -0.3 is 9.47 Å². The third-order valence-electron chi connectivity index (χ3n) is 3.21. The minimum absolute atomic E-state index is 0.0138. The summed E-state index contributed by atoms with van der Waals surface area (Å²) in [5.74, 6) is -0.784. The third-order valence-corrected chi connectivity index (χ3v) is 3.21. The summed E-state index contributed by atoms with van der Waals surface area (Å²) in [6, 6.07) is 0. The number of halogens is 1. The Labute approximate surface area is 118 Å². The molecule has 1 heterocycles. The lowest BCUT2D eigenvalue weighted by molar-refractivity contribution is -0.156. The Balaban J connectivity index is 3.12. The number of amides is 1. The number of likely N-dealkylation sites (tertiary alicyclic amines) is 1. The summed E-state index contributed by atoms with van der Waals surface area (Å²) in [5.41, 5.74) is -2.39. The Morgan fingerprint density at radius 1 is 1.50 bits per heavy atom. The van der Waals surface area contributed by atoms with Crippen LogP contribution in [-0.2, 0) is 14.3 Å². The summed E-state index contributed by atoms with van der Waals surface area (Å²) in [6.45, 7) is 8.77. The summed E-state index contributed by atoms with van der Waals surface area (Å²) in [5, 5.41) is 0. The van der Waals surface area contributed by atoms with Gasteiger partial charge in [-0.1, -0.05) is 6.08 Å². The number of alkyl halides is 1. The van der Waals surface area contributed by atoms with Crippen molar-refractivity contribution >= 4 is 12.1 Å². The van der Waals surface area contributed by atoms with Crippen molar-refractivity contribution in [2.75, 3.05) is 13.7 Å². The number of hydrogen-bond donors (Lipinski definition) is 0. The lowest BCUT2D eigenvalue weighted by Gasteiger charge is -2.37. The van der Waals surface area contributed by atoms with Crippen LogP contribution in [0, 0.1) is 0 Å². The van der Waals surface area contributed by atoms with Gasteiger partial charge in [-0.15, -0.1) is 6.58 Å². The topological polar surface area (TPSA) is 55.8 Å². The molecule has 0 radical (unpaired) electrons. The van der Waals surface area contributed by atoms with E-state index >= 15 is 0 Å². The van der Waals surface area contributed by atoms with Crippen molar-refractivity contribution in [1.82, 2.24) is 4.90 Å². The molecule has 2 atom stereocenters. The predicted octanol–water partition coefficient (Wildman–Crippen LogP) is 2.45. The molecule has 0 spiro atoms. The zero-order valence-electron chi connectivity index (χ0n) is 12.4. The van der Waals surface area contributed by atoms with Gasteiger partial charge in [-0.25, -0.2) is 14.0 Å². The first-order chi connectivity index (χ1) is 9.19. The Morgan fingerprint density at radius 2 is 2.10 bits per heavy atom. The molecule has 0 aromatic rings. The van der Waals surface area contributed by atoms with Crippen LogP contribution in [0.3, 0.4) is 0 Å². The molecule has 20 heavy (non-hydrogen) atoms. The number of ether oxygens (including phenoxy) is 2. The second-order valence-electron chi connectivity index (χ2n) is 5.80. The smallest absolute Gasteiger partial charge is 0.411 e. The van der Waals surface area contributed by atoms with E-state index in [4.69, 9.17) is 9.47 Å². The largest absolute Gasteiger partial charge is 0.467 e. The maximum absolute atomic E-state index is 14.3. The van der Waals surface area contributed by atoms with E-state index in [1.54, 1.807) is 20.8 Å². The predicted molar refractivity (Wildman–Crippen MR) is 72.0 cm³/mol. The van der Waals surface area contributed by atoms with Crippen LogP contribution in [0.4, 0.5) is 9.18 Å². The first-order valence-corrected chi connectivity index (χ1v) is 6.53. The number of esters is 1. The SMILES string of the molecule is C=CC[C@@]1(C(=O)OC)C(F)CCN1C(=O)OC(C)(C)C. The molecule has 0 N–H and O–H groups in total. The van der Waals surface area contributed by atoms with Crippen LogP contribution in [0.2, 0.25) is 0 Å². The van der Waals surface area contributed by atoms with Crippen molar-refractivity contribution in [2.24, 2.45) is 0 Å². The van der Waals surface area contributed by atoms with Crippen molar-refractivity contribution in [1.29, 1.82) is 0 Å². The van der Waals surface area contributed by atoms with Gasteiger partial charge in [0.2, 0.25) is 0 Å². The van der Waals surface area contributed by atoms with Crippen LogP contribution >= 0.6 is 0 Å². The molecule has 0 aliphatic carbocycles. The second-order valence-corrected chi connectivity index (χ2v) is 5.80. The van der Waals surface area contributed by atoms with E-state index < -0.39 is 29.4 Å². The van der Waals surface area contributed by atoms with Crippen LogP contribution in [0.25, 0.3) is 0 Å². The number of carbonyl (C=O) groups is 2. The zero-order valence-corrected chi connectivity index (χ0v) is 12.4. The minimum Gasteiger partial charge on any atom is -0.467 e. The molecule has 0 bridgehead atoms. The van der Waals surface area contributed by atoms with E-state index in [2.05, 4.69) is 6.58 Å². The highest BCUT2D eigenvalue weighted by atomic mass is 19.1. The molecule has 1 fully saturated rings. The van der Waals surface area contributed by atoms with E-state index in [1.807, 2.05) is 0 Å². The van der Waals surface area contributed by atoms with Gasteiger partial charge >= 0.3 is 12.1 Å². The maximum atomic E-state index is 14.3. The standard InChI is InChI=1S/C14H22FNO4/c1-6-8-14(11(17)19-5)10(15)7-9-16(14)12(18)20-13(2,3)4/h6,10H,1,7-9H2,2-5H3/t10?,14-/m0/s1. The molecule has 0 aromatic heterocycles. The molecule has 0 aromatic carbocycles. The quantitative estimate of drug-likeness (QED) is 0.591. The molecule has 6 heteroatoms. The molecule has 5 nitrogen and oxygen atoms in total. The molecule has 1 rings (SSSR count). The molecular weight excluding hydrogens is 265 g/mol. The Hall–Kier alpha value is -1.59. The first-order valence-electron chi connectivity index (χ1n) is 6.53. The molecule has 1 amide bonds. The Morgan fingerprint density at radius 3 is 2.55 bits per heavy atom. The van der Waals surface area contributed by atoms with Gasteiger partial charge in [0.25, 0.3) is 0 Å². The van der Waals surface area contributed by atoms with Crippen LogP contribution in [0.5, 0.6) is 0 Å². The van der Waals surface area contributed by atoms with Gasteiger partial charge in [0.15, 0.2) is 5.54 Å². The van der Waals surface area contributed by atoms with Gasteiger partial charge in [0, 0.05) is 13.0 Å². The fourth-order valence-electron chi connectivity index (χ4n) is 2.38. The number of carbonyl (C=O) groups excluding carboxylic acids is 2. The monoisotopic (exact) mass is 287 g/mol. The van der Waals surface area contributed by atoms with Crippen molar-refractivity contribution in [3.8, 4) is 0 Å². The van der Waals surface area contributed by atoms with E-state index in [9.17, 15) is 14.0 Å². The highest BCUT2D eigenvalue weighted by Gasteiger charge is 2.58. The van der Waals surface area contributed by atoms with Crippen LogP contribution < -0.4 is 0 Å². The fourth-order valence-corrected chi connectivity index (χ4v) is 2.38. The normalized spacial score (nSPS) is 26.2. The first kappa shape index (κ1) is 16.5. The van der Waals surface area contributed by atoms with Gasteiger partial charge in [0.1, 0.15) is 11.8 Å². The number of nitrogens with zero attached hydrogens (tertiary/aromatic N) is 1. The van der Waals surface area contributed by atoms with Crippen molar-refractivity contribution in [3.63, 3.8) is 0 Å². The molecule has 114 valence electrons. The Kier molecular flexibility index (Phi) is 4.78. The summed E-state index contributed by atoms with van der Waals surface area (Å²) >= 11 is 0. The average Bonchev–Trinajstić information content (AvgIpc) is 2.65. The van der Waals surface area contributed by atoms with E-state index in [-0.39, 0.29) is 19.4 Å². The summed E-state index contributed by atoms with van der Waals surface area (Å²) in [7, 11) is 1.17. The molecule has 0 saturated carbocycles. The second kappa shape index (κ2) is 5.81. The molecule has 1 aliphatic rings. The highest BCUT2D eigenvalue weighted by molar-refractivity contribution is 5.87. The van der Waals surface area contributed by atoms with E-state index in [1.165, 1.54) is 13.2 Å². The number of methoxy groups -OCH3 is 1. The molecule has 1 aliphatic heterocycles. The molecule has 1 unspecified atom stereocenters. The van der Waals surface area contributed by atoms with Crippen molar-refractivity contribution in [2.45, 2.75) is 50.9 Å².